The van der Waals surface area contributed by atoms with Crippen LogP contribution in [-0.2, 0) is 17.9 Å². The first-order chi connectivity index (χ1) is 12.3. The van der Waals surface area contributed by atoms with Gasteiger partial charge in [0.25, 0.3) is 0 Å². The summed E-state index contributed by atoms with van der Waals surface area (Å²) in [6.45, 7) is 3.36. The number of imidazole rings is 1. The first-order valence-electron chi connectivity index (χ1n) is 8.77. The fourth-order valence-corrected chi connectivity index (χ4v) is 3.37. The Morgan fingerprint density at radius 2 is 2.00 bits per heavy atom. The summed E-state index contributed by atoms with van der Waals surface area (Å²) in [5, 5.41) is 0. The minimum Gasteiger partial charge on any atom is -0.373 e. The van der Waals surface area contributed by atoms with Gasteiger partial charge in [0.2, 0.25) is 0 Å². The molecule has 1 saturated heterocycles. The summed E-state index contributed by atoms with van der Waals surface area (Å²) in [5.74, 6) is -0.205. The van der Waals surface area contributed by atoms with Gasteiger partial charge in [-0.15, -0.1) is 0 Å². The van der Waals surface area contributed by atoms with E-state index in [4.69, 9.17) is 4.74 Å². The first kappa shape index (κ1) is 16.2. The molecule has 0 saturated carbocycles. The number of rotatable bonds is 5. The molecule has 4 rings (SSSR count). The quantitative estimate of drug-likeness (QED) is 0.711. The zero-order valence-corrected chi connectivity index (χ0v) is 14.1. The molecule has 0 bridgehead atoms. The van der Waals surface area contributed by atoms with Crippen molar-refractivity contribution in [1.29, 1.82) is 0 Å². The van der Waals surface area contributed by atoms with Gasteiger partial charge in [0, 0.05) is 32.0 Å². The normalized spacial score (nSPS) is 16.5. The molecule has 5 heteroatoms. The Morgan fingerprint density at radius 3 is 2.80 bits per heavy atom. The molecule has 130 valence electrons. The highest BCUT2D eigenvalue weighted by Crippen LogP contribution is 2.18. The molecular weight excluding hydrogens is 317 g/mol. The van der Waals surface area contributed by atoms with Crippen molar-refractivity contribution in [3.8, 4) is 0 Å². The molecule has 0 unspecified atom stereocenters. The lowest BCUT2D eigenvalue weighted by atomic mass is 10.1. The van der Waals surface area contributed by atoms with Crippen molar-refractivity contribution in [2.45, 2.75) is 32.1 Å². The van der Waals surface area contributed by atoms with Crippen LogP contribution in [0.2, 0.25) is 0 Å². The number of hydrogen-bond donors (Lipinski definition) is 0. The maximum Gasteiger partial charge on any atom is 0.137 e. The Bertz CT molecular complexity index is 807. The van der Waals surface area contributed by atoms with Gasteiger partial charge >= 0.3 is 0 Å². The second-order valence-corrected chi connectivity index (χ2v) is 6.61. The Balaban J connectivity index is 1.26. The maximum atomic E-state index is 13.2. The number of piperidine rings is 1. The van der Waals surface area contributed by atoms with Crippen molar-refractivity contribution >= 4 is 5.65 Å². The standard InChI is InChI=1S/C20H22FN3O/c21-17-5-3-4-16(12-17)15-25-19-7-10-23(11-8-19)13-18-14-24-9-2-1-6-20(24)22-18/h1-6,9,12,14,19H,7-8,10-11,13,15H2. The van der Waals surface area contributed by atoms with E-state index in [1.807, 2.05) is 30.5 Å². The number of fused-ring (bicyclic) bond motifs is 1. The fraction of sp³-hybridized carbons (Fsp3) is 0.350. The van der Waals surface area contributed by atoms with Crippen LogP contribution in [0.5, 0.6) is 0 Å². The number of halogens is 1. The zero-order chi connectivity index (χ0) is 17.1. The predicted molar refractivity (Wildman–Crippen MR) is 94.7 cm³/mol. The third-order valence-electron chi connectivity index (χ3n) is 4.71. The van der Waals surface area contributed by atoms with Crippen LogP contribution in [0.15, 0.2) is 54.9 Å². The van der Waals surface area contributed by atoms with Gasteiger partial charge in [-0.1, -0.05) is 18.2 Å². The van der Waals surface area contributed by atoms with E-state index in [9.17, 15) is 4.39 Å². The molecule has 25 heavy (non-hydrogen) atoms. The minimum atomic E-state index is -0.205. The number of nitrogens with zero attached hydrogens (tertiary/aromatic N) is 3. The lowest BCUT2D eigenvalue weighted by Gasteiger charge is -2.31. The van der Waals surface area contributed by atoms with Crippen molar-refractivity contribution in [2.24, 2.45) is 0 Å². The average Bonchev–Trinajstić information content (AvgIpc) is 3.03. The van der Waals surface area contributed by atoms with E-state index in [1.54, 1.807) is 12.1 Å². The molecule has 3 heterocycles. The molecule has 0 atom stereocenters. The summed E-state index contributed by atoms with van der Waals surface area (Å²) in [6, 6.07) is 12.7. The van der Waals surface area contributed by atoms with Crippen molar-refractivity contribution in [3.05, 3.63) is 71.9 Å². The van der Waals surface area contributed by atoms with Gasteiger partial charge in [0.1, 0.15) is 11.5 Å². The van der Waals surface area contributed by atoms with E-state index in [0.717, 1.165) is 49.4 Å². The van der Waals surface area contributed by atoms with Crippen LogP contribution in [0.25, 0.3) is 5.65 Å². The van der Waals surface area contributed by atoms with E-state index < -0.39 is 0 Å². The summed E-state index contributed by atoms with van der Waals surface area (Å²) in [7, 11) is 0. The van der Waals surface area contributed by atoms with Gasteiger partial charge in [0.05, 0.1) is 18.4 Å². The summed E-state index contributed by atoms with van der Waals surface area (Å²) in [5.41, 5.74) is 2.99. The second-order valence-electron chi connectivity index (χ2n) is 6.61. The van der Waals surface area contributed by atoms with Crippen LogP contribution in [0.4, 0.5) is 4.39 Å². The second kappa shape index (κ2) is 7.33. The molecule has 0 N–H and O–H groups in total. The van der Waals surface area contributed by atoms with E-state index >= 15 is 0 Å². The largest absolute Gasteiger partial charge is 0.373 e. The topological polar surface area (TPSA) is 29.8 Å². The van der Waals surface area contributed by atoms with Crippen molar-refractivity contribution in [1.82, 2.24) is 14.3 Å². The van der Waals surface area contributed by atoms with Gasteiger partial charge in [-0.2, -0.15) is 0 Å². The molecule has 1 aromatic carbocycles. The molecule has 2 aromatic heterocycles. The number of pyridine rings is 1. The zero-order valence-electron chi connectivity index (χ0n) is 14.1. The van der Waals surface area contributed by atoms with Gasteiger partial charge in [-0.3, -0.25) is 4.90 Å². The number of ether oxygens (including phenoxy) is 1. The Kier molecular flexibility index (Phi) is 4.76. The number of aromatic nitrogens is 2. The summed E-state index contributed by atoms with van der Waals surface area (Å²) < 4.78 is 21.2. The first-order valence-corrected chi connectivity index (χ1v) is 8.77. The Labute approximate surface area is 146 Å². The minimum absolute atomic E-state index is 0.205. The Morgan fingerprint density at radius 1 is 1.12 bits per heavy atom. The maximum absolute atomic E-state index is 13.2. The van der Waals surface area contributed by atoms with Crippen LogP contribution in [-0.4, -0.2) is 33.5 Å². The third-order valence-corrected chi connectivity index (χ3v) is 4.71. The average molecular weight is 339 g/mol. The molecule has 1 fully saturated rings. The predicted octanol–water partition coefficient (Wildman–Crippen LogP) is 3.65. The third kappa shape index (κ3) is 4.06. The van der Waals surface area contributed by atoms with Crippen LogP contribution < -0.4 is 0 Å². The lowest BCUT2D eigenvalue weighted by Crippen LogP contribution is -2.36. The van der Waals surface area contributed by atoms with Gasteiger partial charge < -0.3 is 9.14 Å². The highest BCUT2D eigenvalue weighted by atomic mass is 19.1. The van der Waals surface area contributed by atoms with E-state index in [0.29, 0.717) is 6.61 Å². The molecule has 0 spiro atoms. The molecule has 0 radical (unpaired) electrons. The molecule has 1 aliphatic rings. The van der Waals surface area contributed by atoms with Crippen LogP contribution in [0, 0.1) is 5.82 Å². The number of hydrogen-bond acceptors (Lipinski definition) is 3. The van der Waals surface area contributed by atoms with Gasteiger partial charge in [-0.25, -0.2) is 9.37 Å². The Hall–Kier alpha value is -2.24. The van der Waals surface area contributed by atoms with Crippen molar-refractivity contribution in [3.63, 3.8) is 0 Å². The van der Waals surface area contributed by atoms with Crippen LogP contribution in [0.3, 0.4) is 0 Å². The molecule has 0 amide bonds. The SMILES string of the molecule is Fc1cccc(COC2CCN(Cc3cn4ccccc4n3)CC2)c1. The highest BCUT2D eigenvalue weighted by Gasteiger charge is 2.20. The summed E-state index contributed by atoms with van der Waals surface area (Å²) in [4.78, 5) is 7.09. The molecule has 1 aliphatic heterocycles. The highest BCUT2D eigenvalue weighted by molar-refractivity contribution is 5.39. The molecular formula is C20H22FN3O. The van der Waals surface area contributed by atoms with E-state index in [-0.39, 0.29) is 11.9 Å². The van der Waals surface area contributed by atoms with Gasteiger partial charge in [0.15, 0.2) is 0 Å². The molecule has 3 aromatic rings. The molecule has 4 nitrogen and oxygen atoms in total. The van der Waals surface area contributed by atoms with Crippen LogP contribution in [0.1, 0.15) is 24.1 Å². The number of likely N-dealkylation sites (tertiary alicyclic amines) is 1. The summed E-state index contributed by atoms with van der Waals surface area (Å²) in [6.07, 6.45) is 6.38. The monoisotopic (exact) mass is 339 g/mol. The molecule has 0 aliphatic carbocycles. The lowest BCUT2D eigenvalue weighted by molar-refractivity contribution is -0.00420. The van der Waals surface area contributed by atoms with E-state index in [2.05, 4.69) is 20.5 Å². The fourth-order valence-electron chi connectivity index (χ4n) is 3.37. The number of benzene rings is 1. The van der Waals surface area contributed by atoms with Crippen molar-refractivity contribution in [2.75, 3.05) is 13.1 Å². The van der Waals surface area contributed by atoms with Crippen molar-refractivity contribution < 1.29 is 9.13 Å². The van der Waals surface area contributed by atoms with E-state index in [1.165, 1.54) is 6.07 Å². The van der Waals surface area contributed by atoms with Gasteiger partial charge in [-0.05, 0) is 42.7 Å². The smallest absolute Gasteiger partial charge is 0.137 e. The van der Waals surface area contributed by atoms with Crippen LogP contribution >= 0.6 is 0 Å². The summed E-state index contributed by atoms with van der Waals surface area (Å²) >= 11 is 0.